The first-order valence-corrected chi connectivity index (χ1v) is 7.14. The van der Waals surface area contributed by atoms with Crippen LogP contribution in [0.1, 0.15) is 53.9 Å². The Labute approximate surface area is 112 Å². The second-order valence-corrected chi connectivity index (χ2v) is 5.51. The van der Waals surface area contributed by atoms with Crippen molar-refractivity contribution in [2.24, 2.45) is 5.73 Å². The van der Waals surface area contributed by atoms with Crippen molar-refractivity contribution in [1.82, 2.24) is 10.2 Å². The average Bonchev–Trinajstić information content (AvgIpc) is 2.32. The Morgan fingerprint density at radius 2 is 1.94 bits per heavy atom. The maximum absolute atomic E-state index is 11.7. The zero-order chi connectivity index (χ0) is 14.2. The first kappa shape index (κ1) is 17.4. The van der Waals surface area contributed by atoms with E-state index in [2.05, 4.69) is 31.0 Å². The SMILES string of the molecule is CCCN(CCC(=O)NC(C)C)C(C)(CC)CN. The van der Waals surface area contributed by atoms with Gasteiger partial charge in [0.1, 0.15) is 0 Å². The minimum absolute atomic E-state index is 0.00806. The summed E-state index contributed by atoms with van der Waals surface area (Å²) in [6.45, 7) is 12.9. The molecule has 0 fully saturated rings. The smallest absolute Gasteiger partial charge is 0.221 e. The Hall–Kier alpha value is -0.610. The maximum atomic E-state index is 11.7. The van der Waals surface area contributed by atoms with Gasteiger partial charge in [-0.1, -0.05) is 13.8 Å². The molecule has 0 aromatic carbocycles. The Morgan fingerprint density at radius 3 is 2.33 bits per heavy atom. The number of hydrogen-bond donors (Lipinski definition) is 2. The van der Waals surface area contributed by atoms with Crippen LogP contribution >= 0.6 is 0 Å². The number of nitrogens with two attached hydrogens (primary N) is 1. The number of hydrogen-bond acceptors (Lipinski definition) is 3. The monoisotopic (exact) mass is 257 g/mol. The summed E-state index contributed by atoms with van der Waals surface area (Å²) in [5.41, 5.74) is 5.90. The molecule has 0 saturated carbocycles. The maximum Gasteiger partial charge on any atom is 0.221 e. The molecule has 1 amide bonds. The second-order valence-electron chi connectivity index (χ2n) is 5.51. The quantitative estimate of drug-likeness (QED) is 0.661. The van der Waals surface area contributed by atoms with Crippen molar-refractivity contribution in [3.05, 3.63) is 0 Å². The van der Waals surface area contributed by atoms with Gasteiger partial charge >= 0.3 is 0 Å². The van der Waals surface area contributed by atoms with Gasteiger partial charge in [-0.15, -0.1) is 0 Å². The van der Waals surface area contributed by atoms with Crippen LogP contribution in [-0.2, 0) is 4.79 Å². The van der Waals surface area contributed by atoms with E-state index < -0.39 is 0 Å². The molecule has 0 aliphatic heterocycles. The largest absolute Gasteiger partial charge is 0.354 e. The van der Waals surface area contributed by atoms with Gasteiger partial charge in [-0.3, -0.25) is 9.69 Å². The zero-order valence-corrected chi connectivity index (χ0v) is 12.8. The van der Waals surface area contributed by atoms with Crippen LogP contribution in [0.25, 0.3) is 0 Å². The summed E-state index contributed by atoms with van der Waals surface area (Å²) in [5, 5.41) is 2.93. The van der Waals surface area contributed by atoms with E-state index in [0.29, 0.717) is 13.0 Å². The van der Waals surface area contributed by atoms with Crippen molar-refractivity contribution in [2.45, 2.75) is 65.5 Å². The van der Waals surface area contributed by atoms with Crippen molar-refractivity contribution in [3.63, 3.8) is 0 Å². The fraction of sp³-hybridized carbons (Fsp3) is 0.929. The first-order valence-electron chi connectivity index (χ1n) is 7.14. The molecule has 108 valence electrons. The van der Waals surface area contributed by atoms with Gasteiger partial charge in [-0.25, -0.2) is 0 Å². The van der Waals surface area contributed by atoms with Gasteiger partial charge in [0.05, 0.1) is 0 Å². The van der Waals surface area contributed by atoms with Crippen LogP contribution in [-0.4, -0.2) is 42.0 Å². The second kappa shape index (κ2) is 8.48. The molecule has 0 aromatic rings. The van der Waals surface area contributed by atoms with Crippen LogP contribution in [0, 0.1) is 0 Å². The standard InChI is InChI=1S/C14H31N3O/c1-6-9-17(14(5,7-2)11-15)10-8-13(18)16-12(3)4/h12H,6-11,15H2,1-5H3,(H,16,18). The summed E-state index contributed by atoms with van der Waals surface area (Å²) in [6.07, 6.45) is 2.64. The molecule has 0 spiro atoms. The van der Waals surface area contributed by atoms with Crippen molar-refractivity contribution >= 4 is 5.91 Å². The van der Waals surface area contributed by atoms with Gasteiger partial charge < -0.3 is 11.1 Å². The number of carbonyl (C=O) groups excluding carboxylic acids is 1. The molecule has 0 bridgehead atoms. The molecule has 0 aliphatic rings. The van der Waals surface area contributed by atoms with E-state index in [9.17, 15) is 4.79 Å². The number of amides is 1. The fourth-order valence-corrected chi connectivity index (χ4v) is 2.05. The lowest BCUT2D eigenvalue weighted by Crippen LogP contribution is -2.52. The molecule has 0 aliphatic carbocycles. The molecule has 0 rings (SSSR count). The highest BCUT2D eigenvalue weighted by Crippen LogP contribution is 2.18. The molecule has 1 atom stereocenters. The van der Waals surface area contributed by atoms with E-state index in [0.717, 1.165) is 25.9 Å². The fourth-order valence-electron chi connectivity index (χ4n) is 2.05. The molecule has 0 radical (unpaired) electrons. The van der Waals surface area contributed by atoms with E-state index in [4.69, 9.17) is 5.73 Å². The summed E-state index contributed by atoms with van der Waals surface area (Å²) in [5.74, 6) is 0.126. The lowest BCUT2D eigenvalue weighted by atomic mass is 9.96. The summed E-state index contributed by atoms with van der Waals surface area (Å²) in [6, 6.07) is 0.212. The molecule has 0 aromatic heterocycles. The molecular formula is C14H31N3O. The number of nitrogens with one attached hydrogen (secondary N) is 1. The van der Waals surface area contributed by atoms with Crippen LogP contribution in [0.5, 0.6) is 0 Å². The molecule has 1 unspecified atom stereocenters. The van der Waals surface area contributed by atoms with Gasteiger partial charge in [-0.2, -0.15) is 0 Å². The normalized spacial score (nSPS) is 14.9. The molecular weight excluding hydrogens is 226 g/mol. The van der Waals surface area contributed by atoms with Crippen molar-refractivity contribution < 1.29 is 4.79 Å². The lowest BCUT2D eigenvalue weighted by molar-refractivity contribution is -0.122. The van der Waals surface area contributed by atoms with Gasteiger partial charge in [0.2, 0.25) is 5.91 Å². The molecule has 0 saturated heterocycles. The van der Waals surface area contributed by atoms with Crippen molar-refractivity contribution in [3.8, 4) is 0 Å². The predicted molar refractivity (Wildman–Crippen MR) is 77.5 cm³/mol. The van der Waals surface area contributed by atoms with Gasteiger partial charge in [-0.05, 0) is 40.2 Å². The van der Waals surface area contributed by atoms with Crippen molar-refractivity contribution in [2.75, 3.05) is 19.6 Å². The minimum atomic E-state index is 0.00806. The molecule has 18 heavy (non-hydrogen) atoms. The van der Waals surface area contributed by atoms with E-state index in [-0.39, 0.29) is 17.5 Å². The average molecular weight is 257 g/mol. The molecule has 4 heteroatoms. The third-order valence-corrected chi connectivity index (χ3v) is 3.52. The Morgan fingerprint density at radius 1 is 1.33 bits per heavy atom. The Bertz CT molecular complexity index is 237. The van der Waals surface area contributed by atoms with Crippen molar-refractivity contribution in [1.29, 1.82) is 0 Å². The van der Waals surface area contributed by atoms with Crippen LogP contribution in [0.3, 0.4) is 0 Å². The van der Waals surface area contributed by atoms with Crippen LogP contribution in [0.4, 0.5) is 0 Å². The third kappa shape index (κ3) is 5.83. The number of rotatable bonds is 9. The van der Waals surface area contributed by atoms with Crippen LogP contribution in [0.15, 0.2) is 0 Å². The highest BCUT2D eigenvalue weighted by Gasteiger charge is 2.28. The highest BCUT2D eigenvalue weighted by atomic mass is 16.1. The van der Waals surface area contributed by atoms with Crippen LogP contribution < -0.4 is 11.1 Å². The van der Waals surface area contributed by atoms with E-state index >= 15 is 0 Å². The first-order chi connectivity index (χ1) is 8.39. The van der Waals surface area contributed by atoms with Gasteiger partial charge in [0, 0.05) is 31.1 Å². The molecule has 0 heterocycles. The Balaban J connectivity index is 4.40. The Kier molecular flexibility index (Phi) is 8.20. The predicted octanol–water partition coefficient (Wildman–Crippen LogP) is 1.74. The third-order valence-electron chi connectivity index (χ3n) is 3.52. The lowest BCUT2D eigenvalue weighted by Gasteiger charge is -2.40. The molecule has 3 N–H and O–H groups in total. The summed E-state index contributed by atoms with van der Waals surface area (Å²) in [7, 11) is 0. The summed E-state index contributed by atoms with van der Waals surface area (Å²) in [4.78, 5) is 14.1. The van der Waals surface area contributed by atoms with E-state index in [1.54, 1.807) is 0 Å². The topological polar surface area (TPSA) is 58.4 Å². The zero-order valence-electron chi connectivity index (χ0n) is 12.8. The van der Waals surface area contributed by atoms with Gasteiger partial charge in [0.15, 0.2) is 0 Å². The summed E-state index contributed by atoms with van der Waals surface area (Å²) >= 11 is 0. The number of nitrogens with zero attached hydrogens (tertiary/aromatic N) is 1. The van der Waals surface area contributed by atoms with Crippen LogP contribution in [0.2, 0.25) is 0 Å². The number of carbonyl (C=O) groups is 1. The van der Waals surface area contributed by atoms with E-state index in [1.807, 2.05) is 13.8 Å². The van der Waals surface area contributed by atoms with Gasteiger partial charge in [0.25, 0.3) is 0 Å². The highest BCUT2D eigenvalue weighted by molar-refractivity contribution is 5.76. The van der Waals surface area contributed by atoms with E-state index in [1.165, 1.54) is 0 Å². The summed E-state index contributed by atoms with van der Waals surface area (Å²) < 4.78 is 0. The minimum Gasteiger partial charge on any atom is -0.354 e. The molecule has 4 nitrogen and oxygen atoms in total.